The molecule has 0 radical (unpaired) electrons. The van der Waals surface area contributed by atoms with Gasteiger partial charge in [0, 0.05) is 0 Å². The zero-order valence-electron chi connectivity index (χ0n) is 9.72. The average molecular weight is 232 g/mol. The number of esters is 1. The Labute approximate surface area is 101 Å². The first kappa shape index (κ1) is 10.8. The van der Waals surface area contributed by atoms with Crippen molar-refractivity contribution in [3.8, 4) is 0 Å². The van der Waals surface area contributed by atoms with E-state index in [9.17, 15) is 4.79 Å². The third-order valence-corrected chi connectivity index (χ3v) is 3.76. The summed E-state index contributed by atoms with van der Waals surface area (Å²) < 4.78 is 10.8. The minimum atomic E-state index is -0.0741. The molecule has 1 saturated heterocycles. The maximum atomic E-state index is 11.7. The minimum absolute atomic E-state index is 0.0520. The van der Waals surface area contributed by atoms with Gasteiger partial charge in [-0.2, -0.15) is 0 Å². The Hall–Kier alpha value is -1.35. The molecule has 0 unspecified atom stereocenters. The zero-order chi connectivity index (χ0) is 11.7. The quantitative estimate of drug-likeness (QED) is 0.750. The molecule has 2 fully saturated rings. The van der Waals surface area contributed by atoms with Gasteiger partial charge in [-0.15, -0.1) is 0 Å². The van der Waals surface area contributed by atoms with Crippen LogP contribution in [-0.4, -0.2) is 18.2 Å². The smallest absolute Gasteiger partial charge is 0.309 e. The van der Waals surface area contributed by atoms with Gasteiger partial charge < -0.3 is 9.47 Å². The minimum Gasteiger partial charge on any atom is -0.461 e. The van der Waals surface area contributed by atoms with E-state index in [1.165, 1.54) is 0 Å². The first-order valence-corrected chi connectivity index (χ1v) is 6.12. The molecule has 1 heterocycles. The SMILES string of the molecule is O=C(OCc1ccccc1)C1CC2(CCO2)C1. The largest absolute Gasteiger partial charge is 0.461 e. The summed E-state index contributed by atoms with van der Waals surface area (Å²) in [6.07, 6.45) is 2.80. The second-order valence-electron chi connectivity index (χ2n) is 4.98. The van der Waals surface area contributed by atoms with E-state index in [2.05, 4.69) is 0 Å². The molecule has 0 amide bonds. The Morgan fingerprint density at radius 1 is 1.35 bits per heavy atom. The first-order valence-electron chi connectivity index (χ1n) is 6.12. The van der Waals surface area contributed by atoms with E-state index in [0.29, 0.717) is 6.61 Å². The lowest BCUT2D eigenvalue weighted by Gasteiger charge is -2.52. The second kappa shape index (κ2) is 4.15. The molecule has 1 aliphatic heterocycles. The van der Waals surface area contributed by atoms with Gasteiger partial charge in [-0.1, -0.05) is 30.3 Å². The van der Waals surface area contributed by atoms with Gasteiger partial charge in [0.25, 0.3) is 0 Å². The van der Waals surface area contributed by atoms with E-state index < -0.39 is 0 Å². The Kier molecular flexibility index (Phi) is 2.63. The fourth-order valence-electron chi connectivity index (χ4n) is 2.56. The molecule has 1 aromatic carbocycles. The molecule has 1 aromatic rings. The third-order valence-electron chi connectivity index (χ3n) is 3.76. The van der Waals surface area contributed by atoms with Crippen LogP contribution in [0.4, 0.5) is 0 Å². The van der Waals surface area contributed by atoms with Crippen molar-refractivity contribution in [2.24, 2.45) is 5.92 Å². The average Bonchev–Trinajstić information content (AvgIpc) is 2.24. The summed E-state index contributed by atoms with van der Waals surface area (Å²) >= 11 is 0. The number of ether oxygens (including phenoxy) is 2. The Bertz CT molecular complexity index is 401. The van der Waals surface area contributed by atoms with Gasteiger partial charge in [0.2, 0.25) is 0 Å². The molecule has 1 aliphatic carbocycles. The molecular formula is C14H16O3. The zero-order valence-corrected chi connectivity index (χ0v) is 9.72. The highest BCUT2D eigenvalue weighted by atomic mass is 16.5. The molecule has 0 atom stereocenters. The number of hydrogen-bond acceptors (Lipinski definition) is 3. The molecule has 0 aromatic heterocycles. The van der Waals surface area contributed by atoms with Crippen LogP contribution >= 0.6 is 0 Å². The molecule has 3 nitrogen and oxygen atoms in total. The molecular weight excluding hydrogens is 216 g/mol. The van der Waals surface area contributed by atoms with Crippen molar-refractivity contribution in [3.05, 3.63) is 35.9 Å². The number of hydrogen-bond donors (Lipinski definition) is 0. The topological polar surface area (TPSA) is 35.5 Å². The molecule has 0 bridgehead atoms. The number of carbonyl (C=O) groups is 1. The van der Waals surface area contributed by atoms with Crippen molar-refractivity contribution >= 4 is 5.97 Å². The molecule has 17 heavy (non-hydrogen) atoms. The van der Waals surface area contributed by atoms with Crippen molar-refractivity contribution in [2.75, 3.05) is 6.61 Å². The van der Waals surface area contributed by atoms with E-state index in [1.54, 1.807) is 0 Å². The summed E-state index contributed by atoms with van der Waals surface area (Å²) in [7, 11) is 0. The van der Waals surface area contributed by atoms with E-state index >= 15 is 0 Å². The molecule has 3 rings (SSSR count). The van der Waals surface area contributed by atoms with Crippen LogP contribution in [0.2, 0.25) is 0 Å². The van der Waals surface area contributed by atoms with Gasteiger partial charge in [0.15, 0.2) is 0 Å². The van der Waals surface area contributed by atoms with Crippen molar-refractivity contribution < 1.29 is 14.3 Å². The van der Waals surface area contributed by atoms with Crippen molar-refractivity contribution in [1.29, 1.82) is 0 Å². The molecule has 1 spiro atoms. The molecule has 90 valence electrons. The van der Waals surface area contributed by atoms with E-state index in [4.69, 9.17) is 9.47 Å². The number of benzene rings is 1. The van der Waals surface area contributed by atoms with Crippen molar-refractivity contribution in [3.63, 3.8) is 0 Å². The van der Waals surface area contributed by atoms with Gasteiger partial charge in [0.05, 0.1) is 18.1 Å². The third kappa shape index (κ3) is 2.07. The van der Waals surface area contributed by atoms with Crippen LogP contribution in [0.1, 0.15) is 24.8 Å². The fraction of sp³-hybridized carbons (Fsp3) is 0.500. The Morgan fingerprint density at radius 2 is 2.06 bits per heavy atom. The van der Waals surface area contributed by atoms with Crippen LogP contribution in [0.15, 0.2) is 30.3 Å². The van der Waals surface area contributed by atoms with Crippen LogP contribution in [0.3, 0.4) is 0 Å². The summed E-state index contributed by atoms with van der Waals surface area (Å²) in [4.78, 5) is 11.7. The Balaban J connectivity index is 1.45. The molecule has 1 saturated carbocycles. The maximum absolute atomic E-state index is 11.7. The highest BCUT2D eigenvalue weighted by molar-refractivity contribution is 5.74. The highest BCUT2D eigenvalue weighted by Crippen LogP contribution is 2.48. The summed E-state index contributed by atoms with van der Waals surface area (Å²) in [6.45, 7) is 1.23. The summed E-state index contributed by atoms with van der Waals surface area (Å²) in [6, 6.07) is 9.78. The lowest BCUT2D eigenvalue weighted by Crippen LogP contribution is -2.56. The van der Waals surface area contributed by atoms with Crippen LogP contribution in [0.5, 0.6) is 0 Å². The number of rotatable bonds is 3. The predicted octanol–water partition coefficient (Wildman–Crippen LogP) is 2.30. The van der Waals surface area contributed by atoms with Gasteiger partial charge in [-0.3, -0.25) is 4.79 Å². The first-order chi connectivity index (χ1) is 8.27. The van der Waals surface area contributed by atoms with E-state index in [-0.39, 0.29) is 17.5 Å². The summed E-state index contributed by atoms with van der Waals surface area (Å²) in [5, 5.41) is 0. The normalized spacial score (nSPS) is 30.5. The summed E-state index contributed by atoms with van der Waals surface area (Å²) in [5.74, 6) is -0.0195. The lowest BCUT2D eigenvalue weighted by molar-refractivity contribution is -0.221. The van der Waals surface area contributed by atoms with Gasteiger partial charge in [-0.25, -0.2) is 0 Å². The van der Waals surface area contributed by atoms with Crippen molar-refractivity contribution in [2.45, 2.75) is 31.5 Å². The molecule has 0 N–H and O–H groups in total. The Morgan fingerprint density at radius 3 is 2.65 bits per heavy atom. The van der Waals surface area contributed by atoms with Gasteiger partial charge in [0.1, 0.15) is 6.61 Å². The lowest BCUT2D eigenvalue weighted by atomic mass is 9.67. The number of carbonyl (C=O) groups excluding carboxylic acids is 1. The maximum Gasteiger partial charge on any atom is 0.309 e. The molecule has 2 aliphatic rings. The second-order valence-corrected chi connectivity index (χ2v) is 4.98. The van der Waals surface area contributed by atoms with Crippen LogP contribution < -0.4 is 0 Å². The highest BCUT2D eigenvalue weighted by Gasteiger charge is 2.52. The van der Waals surface area contributed by atoms with Crippen molar-refractivity contribution in [1.82, 2.24) is 0 Å². The standard InChI is InChI=1S/C14H16O3/c15-13(12-8-14(9-12)6-7-17-14)16-10-11-4-2-1-3-5-11/h1-5,12H,6-10H2. The predicted molar refractivity (Wildman–Crippen MR) is 62.3 cm³/mol. The molecule has 3 heteroatoms. The summed E-state index contributed by atoms with van der Waals surface area (Å²) in [5.41, 5.74) is 1.09. The van der Waals surface area contributed by atoms with Gasteiger partial charge >= 0.3 is 5.97 Å². The van der Waals surface area contributed by atoms with E-state index in [0.717, 1.165) is 31.4 Å². The fourth-order valence-corrected chi connectivity index (χ4v) is 2.56. The van der Waals surface area contributed by atoms with Crippen LogP contribution in [0.25, 0.3) is 0 Å². The van der Waals surface area contributed by atoms with E-state index in [1.807, 2.05) is 30.3 Å². The van der Waals surface area contributed by atoms with Crippen LogP contribution in [0, 0.1) is 5.92 Å². The van der Waals surface area contributed by atoms with Gasteiger partial charge in [-0.05, 0) is 24.8 Å². The van der Waals surface area contributed by atoms with Crippen LogP contribution in [-0.2, 0) is 20.9 Å². The monoisotopic (exact) mass is 232 g/mol.